The van der Waals surface area contributed by atoms with Crippen LogP contribution in [0.5, 0.6) is 0 Å². The van der Waals surface area contributed by atoms with Gasteiger partial charge < -0.3 is 5.32 Å². The Bertz CT molecular complexity index is 636. The van der Waals surface area contributed by atoms with Crippen LogP contribution in [0.3, 0.4) is 0 Å². The maximum Gasteiger partial charge on any atom is 0.123 e. The third-order valence-electron chi connectivity index (χ3n) is 4.87. The van der Waals surface area contributed by atoms with Crippen molar-refractivity contribution in [1.29, 1.82) is 0 Å². The van der Waals surface area contributed by atoms with Crippen molar-refractivity contribution < 1.29 is 4.39 Å². The SMILES string of the molecule is Fc1ccc(Cn2nccc2[C@@H]2CN3CCC[C@@H]3CN2)cc1. The molecule has 2 aromatic rings. The highest BCUT2D eigenvalue weighted by Gasteiger charge is 2.32. The van der Waals surface area contributed by atoms with Gasteiger partial charge in [-0.2, -0.15) is 5.10 Å². The number of piperazine rings is 1. The van der Waals surface area contributed by atoms with E-state index in [2.05, 4.69) is 21.4 Å². The Morgan fingerprint density at radius 1 is 1.23 bits per heavy atom. The van der Waals surface area contributed by atoms with E-state index >= 15 is 0 Å². The van der Waals surface area contributed by atoms with Gasteiger partial charge in [-0.3, -0.25) is 9.58 Å². The highest BCUT2D eigenvalue weighted by Crippen LogP contribution is 2.26. The average molecular weight is 300 g/mol. The van der Waals surface area contributed by atoms with Crippen molar-refractivity contribution in [2.24, 2.45) is 0 Å². The smallest absolute Gasteiger partial charge is 0.123 e. The zero-order chi connectivity index (χ0) is 14.9. The van der Waals surface area contributed by atoms with Gasteiger partial charge >= 0.3 is 0 Å². The fourth-order valence-corrected chi connectivity index (χ4v) is 3.68. The molecule has 2 atom stereocenters. The monoisotopic (exact) mass is 300 g/mol. The zero-order valence-corrected chi connectivity index (χ0v) is 12.6. The highest BCUT2D eigenvalue weighted by atomic mass is 19.1. The molecule has 1 aromatic carbocycles. The van der Waals surface area contributed by atoms with Gasteiger partial charge in [0.15, 0.2) is 0 Å². The Balaban J connectivity index is 1.51. The van der Waals surface area contributed by atoms with Crippen LogP contribution in [0.15, 0.2) is 36.5 Å². The summed E-state index contributed by atoms with van der Waals surface area (Å²) in [6.07, 6.45) is 4.49. The van der Waals surface area contributed by atoms with Gasteiger partial charge in [0.05, 0.1) is 18.3 Å². The van der Waals surface area contributed by atoms with E-state index in [0.29, 0.717) is 18.6 Å². The van der Waals surface area contributed by atoms with E-state index in [4.69, 9.17) is 0 Å². The summed E-state index contributed by atoms with van der Waals surface area (Å²) in [5.74, 6) is -0.196. The molecule has 0 unspecified atom stereocenters. The molecule has 0 spiro atoms. The molecule has 2 aliphatic heterocycles. The lowest BCUT2D eigenvalue weighted by molar-refractivity contribution is 0.169. The molecule has 116 valence electrons. The number of aromatic nitrogens is 2. The molecular formula is C17H21FN4. The summed E-state index contributed by atoms with van der Waals surface area (Å²) in [6.45, 7) is 4.02. The van der Waals surface area contributed by atoms with Crippen LogP contribution in [0, 0.1) is 5.82 Å². The maximum atomic E-state index is 13.0. The van der Waals surface area contributed by atoms with E-state index in [1.807, 2.05) is 23.0 Å². The summed E-state index contributed by atoms with van der Waals surface area (Å²) in [7, 11) is 0. The second-order valence-electron chi connectivity index (χ2n) is 6.29. The molecule has 2 aliphatic rings. The first kappa shape index (κ1) is 13.9. The Labute approximate surface area is 129 Å². The largest absolute Gasteiger partial charge is 0.306 e. The molecule has 1 aromatic heterocycles. The minimum Gasteiger partial charge on any atom is -0.306 e. The number of fused-ring (bicyclic) bond motifs is 1. The molecule has 3 heterocycles. The molecule has 2 saturated heterocycles. The van der Waals surface area contributed by atoms with E-state index in [0.717, 1.165) is 18.7 Å². The second-order valence-corrected chi connectivity index (χ2v) is 6.29. The summed E-state index contributed by atoms with van der Waals surface area (Å²) in [4.78, 5) is 2.59. The summed E-state index contributed by atoms with van der Waals surface area (Å²) in [6, 6.07) is 9.80. The van der Waals surface area contributed by atoms with Gasteiger partial charge in [0, 0.05) is 25.3 Å². The van der Waals surface area contributed by atoms with E-state index in [1.165, 1.54) is 37.2 Å². The Hall–Kier alpha value is -1.72. The molecule has 4 nitrogen and oxygen atoms in total. The number of halogens is 1. The molecule has 0 bridgehead atoms. The van der Waals surface area contributed by atoms with Crippen molar-refractivity contribution in [2.75, 3.05) is 19.6 Å². The number of hydrogen-bond acceptors (Lipinski definition) is 3. The molecule has 0 aliphatic carbocycles. The molecular weight excluding hydrogens is 279 g/mol. The molecule has 1 N–H and O–H groups in total. The quantitative estimate of drug-likeness (QED) is 0.943. The predicted molar refractivity (Wildman–Crippen MR) is 83.1 cm³/mol. The van der Waals surface area contributed by atoms with Gasteiger partial charge in [0.25, 0.3) is 0 Å². The number of hydrogen-bond donors (Lipinski definition) is 1. The lowest BCUT2D eigenvalue weighted by atomic mass is 10.1. The number of nitrogens with zero attached hydrogens (tertiary/aromatic N) is 3. The van der Waals surface area contributed by atoms with E-state index in [1.54, 1.807) is 0 Å². The Kier molecular flexibility index (Phi) is 3.68. The second kappa shape index (κ2) is 5.82. The van der Waals surface area contributed by atoms with Crippen LogP contribution >= 0.6 is 0 Å². The van der Waals surface area contributed by atoms with Crippen LogP contribution in [0.2, 0.25) is 0 Å². The fraction of sp³-hybridized carbons (Fsp3) is 0.471. The van der Waals surface area contributed by atoms with Crippen molar-refractivity contribution in [1.82, 2.24) is 20.0 Å². The number of benzene rings is 1. The molecule has 22 heavy (non-hydrogen) atoms. The van der Waals surface area contributed by atoms with Crippen molar-refractivity contribution in [3.63, 3.8) is 0 Å². The third-order valence-corrected chi connectivity index (χ3v) is 4.87. The average Bonchev–Trinajstić information content (AvgIpc) is 3.17. The summed E-state index contributed by atoms with van der Waals surface area (Å²) >= 11 is 0. The van der Waals surface area contributed by atoms with Crippen LogP contribution in [0.1, 0.15) is 30.1 Å². The van der Waals surface area contributed by atoms with Gasteiger partial charge in [0.1, 0.15) is 5.82 Å². The van der Waals surface area contributed by atoms with Crippen molar-refractivity contribution in [2.45, 2.75) is 31.5 Å². The van der Waals surface area contributed by atoms with Crippen LogP contribution in [0.4, 0.5) is 4.39 Å². The maximum absolute atomic E-state index is 13.0. The minimum atomic E-state index is -0.196. The van der Waals surface area contributed by atoms with Gasteiger partial charge in [0.2, 0.25) is 0 Å². The van der Waals surface area contributed by atoms with Crippen LogP contribution in [-0.4, -0.2) is 40.4 Å². The lowest BCUT2D eigenvalue weighted by Gasteiger charge is -2.36. The molecule has 0 saturated carbocycles. The molecule has 0 radical (unpaired) electrons. The standard InChI is InChI=1S/C17H21FN4/c18-14-5-3-13(4-6-14)11-22-17(7-8-20-22)16-12-21-9-1-2-15(21)10-19-16/h3-8,15-16,19H,1-2,9-12H2/t15-,16+/m1/s1. The van der Waals surface area contributed by atoms with Gasteiger partial charge in [-0.1, -0.05) is 12.1 Å². The van der Waals surface area contributed by atoms with Crippen molar-refractivity contribution >= 4 is 0 Å². The Morgan fingerprint density at radius 3 is 2.95 bits per heavy atom. The highest BCUT2D eigenvalue weighted by molar-refractivity contribution is 5.18. The molecule has 5 heteroatoms. The molecule has 2 fully saturated rings. The summed E-state index contributed by atoms with van der Waals surface area (Å²) in [5, 5.41) is 8.12. The normalized spacial score (nSPS) is 25.3. The van der Waals surface area contributed by atoms with Gasteiger partial charge in [-0.25, -0.2) is 4.39 Å². The summed E-state index contributed by atoms with van der Waals surface area (Å²) < 4.78 is 15.1. The fourth-order valence-electron chi connectivity index (χ4n) is 3.68. The lowest BCUT2D eigenvalue weighted by Crippen LogP contribution is -2.50. The number of nitrogens with one attached hydrogen (secondary N) is 1. The van der Waals surface area contributed by atoms with Gasteiger partial charge in [-0.15, -0.1) is 0 Å². The first-order valence-corrected chi connectivity index (χ1v) is 8.03. The Morgan fingerprint density at radius 2 is 2.09 bits per heavy atom. The van der Waals surface area contributed by atoms with Gasteiger partial charge in [-0.05, 0) is 43.1 Å². The third kappa shape index (κ3) is 2.66. The first-order valence-electron chi connectivity index (χ1n) is 8.03. The molecule has 0 amide bonds. The minimum absolute atomic E-state index is 0.196. The predicted octanol–water partition coefficient (Wildman–Crippen LogP) is 2.18. The van der Waals surface area contributed by atoms with Crippen molar-refractivity contribution in [3.05, 3.63) is 53.6 Å². The zero-order valence-electron chi connectivity index (χ0n) is 12.6. The number of rotatable bonds is 3. The van der Waals surface area contributed by atoms with E-state index in [-0.39, 0.29) is 5.82 Å². The first-order chi connectivity index (χ1) is 10.8. The van der Waals surface area contributed by atoms with E-state index in [9.17, 15) is 4.39 Å². The van der Waals surface area contributed by atoms with Crippen molar-refractivity contribution in [3.8, 4) is 0 Å². The van der Waals surface area contributed by atoms with Crippen LogP contribution in [-0.2, 0) is 6.54 Å². The summed E-state index contributed by atoms with van der Waals surface area (Å²) in [5.41, 5.74) is 2.29. The topological polar surface area (TPSA) is 33.1 Å². The molecule has 4 rings (SSSR count). The van der Waals surface area contributed by atoms with E-state index < -0.39 is 0 Å². The van der Waals surface area contributed by atoms with Crippen LogP contribution < -0.4 is 5.32 Å². The van der Waals surface area contributed by atoms with Crippen LogP contribution in [0.25, 0.3) is 0 Å².